The molecule has 2 rings (SSSR count). The van der Waals surface area contributed by atoms with Gasteiger partial charge in [-0.25, -0.2) is 4.79 Å². The fourth-order valence-electron chi connectivity index (χ4n) is 1.28. The van der Waals surface area contributed by atoms with Crippen molar-refractivity contribution in [2.24, 2.45) is 0 Å². The van der Waals surface area contributed by atoms with Crippen molar-refractivity contribution >= 4 is 40.7 Å². The maximum absolute atomic E-state index is 11.9. The number of hydrogen-bond acceptors (Lipinski definition) is 5. The highest BCUT2D eigenvalue weighted by Crippen LogP contribution is 2.26. The average molecular weight is 299 g/mol. The van der Waals surface area contributed by atoms with E-state index in [2.05, 4.69) is 15.0 Å². The molecule has 2 aromatic rings. The molecule has 0 saturated carbocycles. The summed E-state index contributed by atoms with van der Waals surface area (Å²) in [5.74, 6) is -0.454. The minimum absolute atomic E-state index is 0.0500. The number of anilines is 1. The van der Waals surface area contributed by atoms with E-state index >= 15 is 0 Å². The van der Waals surface area contributed by atoms with Crippen LogP contribution in [0.1, 0.15) is 9.67 Å². The summed E-state index contributed by atoms with van der Waals surface area (Å²) in [7, 11) is 0. The highest BCUT2D eigenvalue weighted by atomic mass is 35.5. The van der Waals surface area contributed by atoms with E-state index in [9.17, 15) is 9.59 Å². The van der Waals surface area contributed by atoms with E-state index in [-0.39, 0.29) is 11.4 Å². The summed E-state index contributed by atoms with van der Waals surface area (Å²) in [5.41, 5.74) is 0.215. The predicted molar refractivity (Wildman–Crippen MR) is 70.2 cm³/mol. The van der Waals surface area contributed by atoms with Gasteiger partial charge < -0.3 is 15.2 Å². The molecule has 0 saturated heterocycles. The van der Waals surface area contributed by atoms with Gasteiger partial charge in [-0.15, -0.1) is 11.3 Å². The third-order valence-electron chi connectivity index (χ3n) is 2.03. The van der Waals surface area contributed by atoms with Crippen molar-refractivity contribution in [3.05, 3.63) is 39.8 Å². The van der Waals surface area contributed by atoms with E-state index in [1.54, 1.807) is 12.1 Å². The molecule has 0 unspecified atom stereocenters. The van der Waals surface area contributed by atoms with Crippen LogP contribution in [0.2, 0.25) is 4.34 Å². The van der Waals surface area contributed by atoms with Gasteiger partial charge in [0, 0.05) is 6.20 Å². The molecular formula is C11H7ClN2O4S. The van der Waals surface area contributed by atoms with Gasteiger partial charge in [0.25, 0.3) is 5.91 Å². The van der Waals surface area contributed by atoms with Crippen LogP contribution in [-0.2, 0) is 0 Å². The molecule has 0 spiro atoms. The first-order chi connectivity index (χ1) is 9.06. The average Bonchev–Trinajstić information content (AvgIpc) is 2.78. The highest BCUT2D eigenvalue weighted by Gasteiger charge is 2.13. The number of hydrogen-bond donors (Lipinski definition) is 2. The number of carbonyl (C=O) groups is 2. The zero-order chi connectivity index (χ0) is 13.8. The number of carboxylic acid groups (broad SMARTS) is 1. The van der Waals surface area contributed by atoms with E-state index in [0.29, 0.717) is 9.21 Å². The third-order valence-corrected chi connectivity index (χ3v) is 3.26. The number of thiophene rings is 1. The second kappa shape index (κ2) is 5.68. The summed E-state index contributed by atoms with van der Waals surface area (Å²) < 4.78 is 4.99. The van der Waals surface area contributed by atoms with Crippen LogP contribution in [0.3, 0.4) is 0 Å². The van der Waals surface area contributed by atoms with Gasteiger partial charge in [-0.3, -0.25) is 9.78 Å². The van der Waals surface area contributed by atoms with Crippen LogP contribution in [0.25, 0.3) is 0 Å². The number of nitrogens with one attached hydrogen (secondary N) is 1. The first-order valence-electron chi connectivity index (χ1n) is 4.98. The summed E-state index contributed by atoms with van der Waals surface area (Å²) in [6.07, 6.45) is 1.12. The molecule has 0 aliphatic heterocycles. The van der Waals surface area contributed by atoms with Crippen molar-refractivity contribution in [2.75, 3.05) is 5.32 Å². The molecule has 8 heteroatoms. The van der Waals surface area contributed by atoms with E-state index in [0.717, 1.165) is 11.3 Å². The fourth-order valence-corrected chi connectivity index (χ4v) is 2.22. The molecule has 2 N–H and O–H groups in total. The summed E-state index contributed by atoms with van der Waals surface area (Å²) in [6.45, 7) is 0. The number of amides is 1. The predicted octanol–water partition coefficient (Wildman–Crippen LogP) is 3.11. The van der Waals surface area contributed by atoms with Gasteiger partial charge in [0.15, 0.2) is 5.75 Å². The first-order valence-corrected chi connectivity index (χ1v) is 6.17. The SMILES string of the molecule is O=C(O)Oc1cnccc1NC(=O)c1ccc(Cl)s1. The van der Waals surface area contributed by atoms with Gasteiger partial charge >= 0.3 is 6.16 Å². The van der Waals surface area contributed by atoms with Crippen molar-refractivity contribution in [3.8, 4) is 5.75 Å². The molecule has 1 amide bonds. The topological polar surface area (TPSA) is 88.5 Å². The van der Waals surface area contributed by atoms with Crippen LogP contribution in [0.15, 0.2) is 30.6 Å². The molecule has 98 valence electrons. The van der Waals surface area contributed by atoms with Crippen molar-refractivity contribution in [3.63, 3.8) is 0 Å². The number of halogens is 1. The Morgan fingerprint density at radius 1 is 1.37 bits per heavy atom. The molecule has 2 aromatic heterocycles. The lowest BCUT2D eigenvalue weighted by Crippen LogP contribution is -2.13. The number of carbonyl (C=O) groups excluding carboxylic acids is 1. The molecule has 0 aliphatic carbocycles. The summed E-state index contributed by atoms with van der Waals surface area (Å²) in [4.78, 5) is 26.5. The summed E-state index contributed by atoms with van der Waals surface area (Å²) in [6, 6.07) is 4.61. The van der Waals surface area contributed by atoms with Crippen LogP contribution in [0.5, 0.6) is 5.75 Å². The number of aromatic nitrogens is 1. The smallest absolute Gasteiger partial charge is 0.449 e. The van der Waals surface area contributed by atoms with Crippen molar-refractivity contribution < 1.29 is 19.4 Å². The second-order valence-corrected chi connectivity index (χ2v) is 5.01. The standard InChI is InChI=1S/C11H7ClN2O4S/c12-9-2-1-8(19-9)10(15)14-6-3-4-13-5-7(6)18-11(16)17/h1-5H,(H,16,17)(H,13,14,15). The lowest BCUT2D eigenvalue weighted by Gasteiger charge is -2.07. The van der Waals surface area contributed by atoms with Crippen molar-refractivity contribution in [1.29, 1.82) is 0 Å². The van der Waals surface area contributed by atoms with Crippen LogP contribution in [0, 0.1) is 0 Å². The molecule has 6 nitrogen and oxygen atoms in total. The molecule has 0 fully saturated rings. The molecule has 0 radical (unpaired) electrons. The Bertz CT molecular complexity index is 629. The number of ether oxygens (including phenoxy) is 1. The Labute approximate surface area is 116 Å². The van der Waals surface area contributed by atoms with E-state index in [1.165, 1.54) is 18.5 Å². The Kier molecular flexibility index (Phi) is 3.98. The molecule has 0 aliphatic rings. The largest absolute Gasteiger partial charge is 0.511 e. The first kappa shape index (κ1) is 13.3. The maximum Gasteiger partial charge on any atom is 0.511 e. The third kappa shape index (κ3) is 3.43. The summed E-state index contributed by atoms with van der Waals surface area (Å²) >= 11 is 6.85. The normalized spacial score (nSPS) is 9.95. The zero-order valence-electron chi connectivity index (χ0n) is 9.29. The highest BCUT2D eigenvalue weighted by molar-refractivity contribution is 7.18. The Balaban J connectivity index is 2.19. The number of rotatable bonds is 3. The van der Waals surface area contributed by atoms with E-state index < -0.39 is 12.1 Å². The molecular weight excluding hydrogens is 292 g/mol. The monoisotopic (exact) mass is 298 g/mol. The Morgan fingerprint density at radius 3 is 2.79 bits per heavy atom. The number of nitrogens with zero attached hydrogens (tertiary/aromatic N) is 1. The van der Waals surface area contributed by atoms with Gasteiger partial charge in [-0.05, 0) is 18.2 Å². The van der Waals surface area contributed by atoms with E-state index in [4.69, 9.17) is 16.7 Å². The van der Waals surface area contributed by atoms with Gasteiger partial charge in [0.05, 0.1) is 21.1 Å². The number of pyridine rings is 1. The molecule has 0 bridgehead atoms. The second-order valence-electron chi connectivity index (χ2n) is 3.30. The van der Waals surface area contributed by atoms with E-state index in [1.807, 2.05) is 0 Å². The van der Waals surface area contributed by atoms with Crippen LogP contribution < -0.4 is 10.1 Å². The lowest BCUT2D eigenvalue weighted by atomic mass is 10.3. The Morgan fingerprint density at radius 2 is 2.16 bits per heavy atom. The molecule has 0 aromatic carbocycles. The minimum atomic E-state index is -1.48. The quantitative estimate of drug-likeness (QED) is 0.850. The maximum atomic E-state index is 11.9. The van der Waals surface area contributed by atoms with Gasteiger partial charge in [0.2, 0.25) is 0 Å². The fraction of sp³-hybridized carbons (Fsp3) is 0. The van der Waals surface area contributed by atoms with Crippen molar-refractivity contribution in [1.82, 2.24) is 4.98 Å². The Hall–Kier alpha value is -2.12. The van der Waals surface area contributed by atoms with Gasteiger partial charge in [-0.1, -0.05) is 11.6 Å². The molecule has 19 heavy (non-hydrogen) atoms. The molecule has 2 heterocycles. The van der Waals surface area contributed by atoms with Gasteiger partial charge in [0.1, 0.15) is 0 Å². The van der Waals surface area contributed by atoms with Crippen LogP contribution >= 0.6 is 22.9 Å². The summed E-state index contributed by atoms with van der Waals surface area (Å²) in [5, 5.41) is 11.1. The lowest BCUT2D eigenvalue weighted by molar-refractivity contribution is 0.102. The van der Waals surface area contributed by atoms with Gasteiger partial charge in [-0.2, -0.15) is 0 Å². The minimum Gasteiger partial charge on any atom is -0.449 e. The van der Waals surface area contributed by atoms with Crippen LogP contribution in [0.4, 0.5) is 10.5 Å². The molecule has 0 atom stereocenters. The van der Waals surface area contributed by atoms with Crippen molar-refractivity contribution in [2.45, 2.75) is 0 Å². The zero-order valence-corrected chi connectivity index (χ0v) is 10.9. The van der Waals surface area contributed by atoms with Crippen LogP contribution in [-0.4, -0.2) is 22.2 Å².